The summed E-state index contributed by atoms with van der Waals surface area (Å²) >= 11 is 8.56. The van der Waals surface area contributed by atoms with E-state index in [1.54, 1.807) is 37.4 Å². The van der Waals surface area contributed by atoms with Crippen LogP contribution in [0.2, 0.25) is 5.02 Å². The largest absolute Gasteiger partial charge is 0.496 e. The van der Waals surface area contributed by atoms with Crippen molar-refractivity contribution >= 4 is 63.8 Å². The van der Waals surface area contributed by atoms with Gasteiger partial charge in [-0.05, 0) is 87.8 Å². The molecule has 0 radical (unpaired) electrons. The Labute approximate surface area is 255 Å². The van der Waals surface area contributed by atoms with Gasteiger partial charge in [0.1, 0.15) is 23.7 Å². The van der Waals surface area contributed by atoms with Crippen molar-refractivity contribution in [2.24, 2.45) is 0 Å². The second-order valence-electron chi connectivity index (χ2n) is 9.18. The number of benzene rings is 4. The third-order valence-corrected chi connectivity index (χ3v) is 7.81. The summed E-state index contributed by atoms with van der Waals surface area (Å²) in [4.78, 5) is 39.8. The third kappa shape index (κ3) is 6.44. The summed E-state index contributed by atoms with van der Waals surface area (Å²) in [5, 5.41) is 2.92. The molecule has 4 aromatic rings. The number of nitrogens with one attached hydrogen (secondary N) is 1. The highest BCUT2D eigenvalue weighted by molar-refractivity contribution is 14.1. The molecular weight excluding hydrogens is 655 g/mol. The minimum atomic E-state index is -0.822. The summed E-state index contributed by atoms with van der Waals surface area (Å²) in [6.45, 7) is 0.379. The van der Waals surface area contributed by atoms with Crippen molar-refractivity contribution in [1.29, 1.82) is 0 Å². The molecule has 0 bridgehead atoms. The first kappa shape index (κ1) is 28.4. The van der Waals surface area contributed by atoms with Crippen LogP contribution in [0.3, 0.4) is 0 Å². The molecule has 0 atom stereocenters. The van der Waals surface area contributed by atoms with Crippen molar-refractivity contribution in [2.45, 2.75) is 13.0 Å². The van der Waals surface area contributed by atoms with Crippen molar-refractivity contribution in [3.63, 3.8) is 0 Å². The van der Waals surface area contributed by atoms with Crippen molar-refractivity contribution in [2.75, 3.05) is 12.0 Å². The van der Waals surface area contributed by atoms with Gasteiger partial charge < -0.3 is 9.47 Å². The quantitative estimate of drug-likeness (QED) is 0.126. The normalized spacial score (nSPS) is 14.3. The fraction of sp³-hybridized carbons (Fsp3) is 0.0938. The number of methoxy groups -OCH3 is 1. The van der Waals surface area contributed by atoms with E-state index in [-0.39, 0.29) is 5.57 Å². The number of barbiturate groups is 1. The second-order valence-corrected chi connectivity index (χ2v) is 10.7. The Morgan fingerprint density at radius 3 is 2.34 bits per heavy atom. The average molecular weight is 679 g/mol. The minimum Gasteiger partial charge on any atom is -0.496 e. The van der Waals surface area contributed by atoms with Gasteiger partial charge in [-0.25, -0.2) is 9.69 Å². The van der Waals surface area contributed by atoms with Gasteiger partial charge in [0.25, 0.3) is 11.8 Å². The van der Waals surface area contributed by atoms with Gasteiger partial charge in [-0.2, -0.15) is 0 Å². The number of halogens is 2. The summed E-state index contributed by atoms with van der Waals surface area (Å²) in [7, 11) is 1.56. The number of amides is 4. The van der Waals surface area contributed by atoms with Crippen LogP contribution in [0, 0.1) is 3.57 Å². The lowest BCUT2D eigenvalue weighted by Gasteiger charge is -2.26. The van der Waals surface area contributed by atoms with Crippen LogP contribution in [0.5, 0.6) is 11.5 Å². The molecule has 1 aliphatic heterocycles. The molecule has 41 heavy (non-hydrogen) atoms. The van der Waals surface area contributed by atoms with Gasteiger partial charge in [0.2, 0.25) is 0 Å². The van der Waals surface area contributed by atoms with Gasteiger partial charge in [0, 0.05) is 20.6 Å². The molecule has 5 rings (SSSR count). The maximum absolute atomic E-state index is 13.4. The van der Waals surface area contributed by atoms with E-state index < -0.39 is 17.8 Å². The Bertz CT molecular complexity index is 1650. The van der Waals surface area contributed by atoms with E-state index in [0.717, 1.165) is 25.2 Å². The smallest absolute Gasteiger partial charge is 0.335 e. The lowest BCUT2D eigenvalue weighted by atomic mass is 10.0. The predicted molar refractivity (Wildman–Crippen MR) is 166 cm³/mol. The maximum atomic E-state index is 13.4. The van der Waals surface area contributed by atoms with Crippen LogP contribution in [-0.2, 0) is 22.6 Å². The molecule has 206 valence electrons. The lowest BCUT2D eigenvalue weighted by Crippen LogP contribution is -2.54. The number of urea groups is 1. The molecule has 0 saturated carbocycles. The van der Waals surface area contributed by atoms with Crippen LogP contribution in [0.1, 0.15) is 22.3 Å². The summed E-state index contributed by atoms with van der Waals surface area (Å²) in [5.74, 6) is -0.335. The summed E-state index contributed by atoms with van der Waals surface area (Å²) < 4.78 is 12.3. The molecule has 7 nitrogen and oxygen atoms in total. The van der Waals surface area contributed by atoms with Gasteiger partial charge >= 0.3 is 6.03 Å². The first-order valence-electron chi connectivity index (χ1n) is 12.6. The van der Waals surface area contributed by atoms with Crippen LogP contribution in [0.25, 0.3) is 6.08 Å². The molecular formula is C32H24ClIN2O5. The lowest BCUT2D eigenvalue weighted by molar-refractivity contribution is -0.122. The van der Waals surface area contributed by atoms with Crippen molar-refractivity contribution in [3.05, 3.63) is 127 Å². The fourth-order valence-corrected chi connectivity index (χ4v) is 5.41. The monoisotopic (exact) mass is 678 g/mol. The zero-order valence-electron chi connectivity index (χ0n) is 21.9. The number of rotatable bonds is 8. The molecule has 0 aromatic heterocycles. The highest BCUT2D eigenvalue weighted by Gasteiger charge is 2.37. The van der Waals surface area contributed by atoms with E-state index in [1.807, 2.05) is 60.7 Å². The van der Waals surface area contributed by atoms with Crippen LogP contribution in [0.15, 0.2) is 96.6 Å². The SMILES string of the molecule is COc1cc(/C=C2\C(=O)NC(=O)N(c3ccc(OCc4ccccc4)cc3)C2=O)cc(I)c1Cc1ccccc1Cl. The summed E-state index contributed by atoms with van der Waals surface area (Å²) in [6.07, 6.45) is 2.00. The number of ether oxygens (including phenoxy) is 2. The molecule has 0 unspecified atom stereocenters. The Morgan fingerprint density at radius 1 is 0.927 bits per heavy atom. The molecule has 1 aliphatic rings. The molecule has 4 amide bonds. The highest BCUT2D eigenvalue weighted by atomic mass is 127. The zero-order chi connectivity index (χ0) is 28.9. The van der Waals surface area contributed by atoms with Crippen molar-refractivity contribution in [1.82, 2.24) is 5.32 Å². The molecule has 9 heteroatoms. The molecule has 4 aromatic carbocycles. The molecule has 0 spiro atoms. The Kier molecular flexibility index (Phi) is 8.70. The first-order chi connectivity index (χ1) is 19.8. The van der Waals surface area contributed by atoms with Gasteiger partial charge in [-0.1, -0.05) is 60.1 Å². The number of hydrogen-bond donors (Lipinski definition) is 1. The van der Waals surface area contributed by atoms with E-state index >= 15 is 0 Å². The van der Waals surface area contributed by atoms with Gasteiger partial charge in [-0.3, -0.25) is 14.9 Å². The number of carbonyl (C=O) groups excluding carboxylic acids is 3. The Hall–Kier alpha value is -4.15. The van der Waals surface area contributed by atoms with Gasteiger partial charge in [0.05, 0.1) is 12.8 Å². The summed E-state index contributed by atoms with van der Waals surface area (Å²) in [6, 6.07) is 26.6. The fourth-order valence-electron chi connectivity index (χ4n) is 4.39. The van der Waals surface area contributed by atoms with Crippen molar-refractivity contribution in [3.8, 4) is 11.5 Å². The number of imide groups is 2. The van der Waals surface area contributed by atoms with E-state index in [0.29, 0.717) is 40.8 Å². The van der Waals surface area contributed by atoms with E-state index in [4.69, 9.17) is 21.1 Å². The highest BCUT2D eigenvalue weighted by Crippen LogP contribution is 2.32. The molecule has 1 heterocycles. The molecule has 0 aliphatic carbocycles. The molecule has 1 fully saturated rings. The Morgan fingerprint density at radius 2 is 1.63 bits per heavy atom. The van der Waals surface area contributed by atoms with E-state index in [9.17, 15) is 14.4 Å². The minimum absolute atomic E-state index is 0.175. The van der Waals surface area contributed by atoms with Crippen molar-refractivity contribution < 1.29 is 23.9 Å². The zero-order valence-corrected chi connectivity index (χ0v) is 24.8. The van der Waals surface area contributed by atoms with Gasteiger partial charge in [0.15, 0.2) is 0 Å². The number of carbonyl (C=O) groups is 3. The maximum Gasteiger partial charge on any atom is 0.335 e. The van der Waals surface area contributed by atoms with E-state index in [2.05, 4.69) is 27.9 Å². The van der Waals surface area contributed by atoms with Crippen LogP contribution in [0.4, 0.5) is 10.5 Å². The number of nitrogens with zero attached hydrogens (tertiary/aromatic N) is 1. The number of hydrogen-bond acceptors (Lipinski definition) is 5. The first-order valence-corrected chi connectivity index (χ1v) is 14.1. The van der Waals surface area contributed by atoms with Crippen LogP contribution in [-0.4, -0.2) is 25.0 Å². The summed E-state index contributed by atoms with van der Waals surface area (Å²) in [5.41, 5.74) is 3.59. The third-order valence-electron chi connectivity index (χ3n) is 6.48. The predicted octanol–water partition coefficient (Wildman–Crippen LogP) is 6.79. The molecule has 1 N–H and O–H groups in total. The number of anilines is 1. The van der Waals surface area contributed by atoms with Crippen LogP contribution >= 0.6 is 34.2 Å². The average Bonchev–Trinajstić information content (AvgIpc) is 2.97. The topological polar surface area (TPSA) is 84.9 Å². The van der Waals surface area contributed by atoms with Gasteiger partial charge in [-0.15, -0.1) is 0 Å². The second kappa shape index (κ2) is 12.6. The van der Waals surface area contributed by atoms with Crippen LogP contribution < -0.4 is 19.7 Å². The molecule has 1 saturated heterocycles. The standard InChI is InChI=1S/C32H24ClIN2O5/c1-40-29-17-21(16-28(34)25(29)18-22-9-5-6-10-27(22)33)15-26-30(37)35-32(39)36(31(26)38)23-11-13-24(14-12-23)41-19-20-7-3-2-4-8-20/h2-17H,18-19H2,1H3,(H,35,37,39)/b26-15+. The van der Waals surface area contributed by atoms with E-state index in [1.165, 1.54) is 6.08 Å². The Balaban J connectivity index is 1.38.